The first kappa shape index (κ1) is 21.5. The van der Waals surface area contributed by atoms with Gasteiger partial charge < -0.3 is 10.1 Å². The number of pyridine rings is 1. The van der Waals surface area contributed by atoms with Crippen molar-refractivity contribution in [3.05, 3.63) is 88.0 Å². The van der Waals surface area contributed by atoms with Crippen molar-refractivity contribution >= 4 is 45.7 Å². The maximum absolute atomic E-state index is 13.4. The van der Waals surface area contributed by atoms with Crippen molar-refractivity contribution in [2.24, 2.45) is 0 Å². The Labute approximate surface area is 207 Å². The topological polar surface area (TPSA) is 51.2 Å². The Hall–Kier alpha value is -3.08. The van der Waals surface area contributed by atoms with Gasteiger partial charge in [0.15, 0.2) is 0 Å². The van der Waals surface area contributed by atoms with Gasteiger partial charge in [0.25, 0.3) is 0 Å². The third-order valence-electron chi connectivity index (χ3n) is 6.63. The third kappa shape index (κ3) is 3.91. The molecule has 0 spiro atoms. The molecule has 0 saturated heterocycles. The molecule has 1 N–H and O–H groups in total. The molecule has 2 aliphatic rings. The molecule has 6 rings (SSSR count). The minimum absolute atomic E-state index is 0.0171. The summed E-state index contributed by atoms with van der Waals surface area (Å²) in [6.07, 6.45) is 4.67. The Kier molecular flexibility index (Phi) is 5.43. The molecule has 1 aromatic heterocycles. The zero-order chi connectivity index (χ0) is 23.2. The van der Waals surface area contributed by atoms with Gasteiger partial charge in [-0.15, -0.1) is 0 Å². The van der Waals surface area contributed by atoms with Gasteiger partial charge >= 0.3 is 0 Å². The van der Waals surface area contributed by atoms with Crippen molar-refractivity contribution in [1.29, 1.82) is 0 Å². The highest BCUT2D eigenvalue weighted by Crippen LogP contribution is 2.48. The fraction of sp³-hybridized carbons (Fsp3) is 0.214. The summed E-state index contributed by atoms with van der Waals surface area (Å²) in [6, 6.07) is 19.5. The van der Waals surface area contributed by atoms with Gasteiger partial charge in [0.2, 0.25) is 5.91 Å². The lowest BCUT2D eigenvalue weighted by atomic mass is 9.92. The second-order valence-electron chi connectivity index (χ2n) is 8.94. The van der Waals surface area contributed by atoms with Gasteiger partial charge in [0.1, 0.15) is 5.75 Å². The fourth-order valence-electron chi connectivity index (χ4n) is 4.93. The third-order valence-corrected chi connectivity index (χ3v) is 7.07. The van der Waals surface area contributed by atoms with Crippen molar-refractivity contribution in [2.45, 2.75) is 31.1 Å². The Morgan fingerprint density at radius 3 is 2.56 bits per heavy atom. The minimum Gasteiger partial charge on any atom is -0.493 e. The Balaban J connectivity index is 1.41. The molecule has 1 saturated carbocycles. The number of amides is 1. The number of rotatable bonds is 4. The van der Waals surface area contributed by atoms with Crippen LogP contribution in [-0.2, 0) is 4.79 Å². The van der Waals surface area contributed by atoms with Gasteiger partial charge in [-0.25, -0.2) is 0 Å². The number of carbonyl (C=O) groups excluding carboxylic acids is 1. The van der Waals surface area contributed by atoms with Crippen LogP contribution in [-0.4, -0.2) is 17.5 Å². The SMILES string of the molecule is O=C(Nc1cnc2c(-c3cc(Cl)cc(Cl)c3)cccc2c1C1CC1)[C@H]1CCOc2ccccc21. The summed E-state index contributed by atoms with van der Waals surface area (Å²) in [6.45, 7) is 0.534. The molecule has 6 heteroatoms. The molecule has 4 nitrogen and oxygen atoms in total. The van der Waals surface area contributed by atoms with Gasteiger partial charge in [-0.05, 0) is 60.6 Å². The number of anilines is 1. The molecule has 2 heterocycles. The van der Waals surface area contributed by atoms with E-state index in [9.17, 15) is 4.79 Å². The van der Waals surface area contributed by atoms with Crippen LogP contribution in [0.25, 0.3) is 22.0 Å². The highest BCUT2D eigenvalue weighted by Gasteiger charge is 2.32. The van der Waals surface area contributed by atoms with E-state index in [1.54, 1.807) is 12.3 Å². The number of carbonyl (C=O) groups is 1. The molecule has 1 aliphatic carbocycles. The van der Waals surface area contributed by atoms with Gasteiger partial charge in [-0.3, -0.25) is 9.78 Å². The van der Waals surface area contributed by atoms with E-state index in [2.05, 4.69) is 11.4 Å². The lowest BCUT2D eigenvalue weighted by molar-refractivity contribution is -0.118. The summed E-state index contributed by atoms with van der Waals surface area (Å²) in [7, 11) is 0. The predicted octanol–water partition coefficient (Wildman–Crippen LogP) is 7.59. The van der Waals surface area contributed by atoms with E-state index in [0.29, 0.717) is 29.0 Å². The van der Waals surface area contributed by atoms with Gasteiger partial charge in [-0.1, -0.05) is 59.6 Å². The van der Waals surface area contributed by atoms with Crippen molar-refractivity contribution in [1.82, 2.24) is 4.98 Å². The van der Waals surface area contributed by atoms with E-state index >= 15 is 0 Å². The van der Waals surface area contributed by atoms with Gasteiger partial charge in [0.05, 0.1) is 29.9 Å². The molecule has 1 atom stereocenters. The number of nitrogens with zero attached hydrogens (tertiary/aromatic N) is 1. The monoisotopic (exact) mass is 488 g/mol. The number of fused-ring (bicyclic) bond motifs is 2. The molecule has 1 fully saturated rings. The molecule has 0 radical (unpaired) electrons. The molecule has 0 bridgehead atoms. The number of nitrogens with one attached hydrogen (secondary N) is 1. The second-order valence-corrected chi connectivity index (χ2v) is 9.81. The summed E-state index contributed by atoms with van der Waals surface area (Å²) < 4.78 is 5.74. The first-order valence-electron chi connectivity index (χ1n) is 11.5. The summed E-state index contributed by atoms with van der Waals surface area (Å²) in [5.41, 5.74) is 5.68. The zero-order valence-corrected chi connectivity index (χ0v) is 19.9. The minimum atomic E-state index is -0.243. The van der Waals surface area contributed by atoms with Crippen LogP contribution in [0.1, 0.15) is 42.2 Å². The van der Waals surface area contributed by atoms with E-state index in [-0.39, 0.29) is 11.8 Å². The summed E-state index contributed by atoms with van der Waals surface area (Å²) in [5, 5.41) is 5.44. The van der Waals surface area contributed by atoms with Crippen LogP contribution >= 0.6 is 23.2 Å². The molecule has 4 aromatic rings. The molecule has 170 valence electrons. The quantitative estimate of drug-likeness (QED) is 0.321. The highest BCUT2D eigenvalue weighted by molar-refractivity contribution is 6.35. The molecule has 3 aromatic carbocycles. The van der Waals surface area contributed by atoms with Gasteiger partial charge in [0, 0.05) is 26.6 Å². The van der Waals surface area contributed by atoms with E-state index in [1.165, 1.54) is 0 Å². The normalized spacial score (nSPS) is 17.2. The molecule has 34 heavy (non-hydrogen) atoms. The van der Waals surface area contributed by atoms with Crippen molar-refractivity contribution < 1.29 is 9.53 Å². The maximum Gasteiger partial charge on any atom is 0.232 e. The van der Waals surface area contributed by atoms with Crippen LogP contribution in [0, 0.1) is 0 Å². The van der Waals surface area contributed by atoms with Crippen LogP contribution in [0.5, 0.6) is 5.75 Å². The van der Waals surface area contributed by atoms with Crippen molar-refractivity contribution in [2.75, 3.05) is 11.9 Å². The smallest absolute Gasteiger partial charge is 0.232 e. The van der Waals surface area contributed by atoms with Crippen LogP contribution in [0.3, 0.4) is 0 Å². The van der Waals surface area contributed by atoms with Crippen LogP contribution < -0.4 is 10.1 Å². The lowest BCUT2D eigenvalue weighted by Gasteiger charge is -2.25. The molecule has 1 amide bonds. The highest BCUT2D eigenvalue weighted by atomic mass is 35.5. The maximum atomic E-state index is 13.4. The number of aromatic nitrogens is 1. The van der Waals surface area contributed by atoms with E-state index < -0.39 is 0 Å². The number of benzene rings is 3. The molecule has 0 unspecified atom stereocenters. The molecular formula is C28H22Cl2N2O2. The Bertz CT molecular complexity index is 1410. The van der Waals surface area contributed by atoms with E-state index in [4.69, 9.17) is 32.9 Å². The summed E-state index contributed by atoms with van der Waals surface area (Å²) in [5.74, 6) is 0.947. The van der Waals surface area contributed by atoms with Gasteiger partial charge in [-0.2, -0.15) is 0 Å². The van der Waals surface area contributed by atoms with Crippen molar-refractivity contribution in [3.63, 3.8) is 0 Å². The van der Waals surface area contributed by atoms with Crippen LogP contribution in [0.4, 0.5) is 5.69 Å². The number of para-hydroxylation sites is 2. The number of ether oxygens (including phenoxy) is 1. The standard InChI is InChI=1S/C28H22Cl2N2O2/c29-18-12-17(13-19(30)14-18)20-5-3-6-23-26(16-8-9-16)24(15-31-27(20)23)32-28(33)22-10-11-34-25-7-2-1-4-21(22)25/h1-7,12-16,22H,8-11H2,(H,32,33)/t22-/m0/s1. The lowest BCUT2D eigenvalue weighted by Crippen LogP contribution is -2.27. The van der Waals surface area contributed by atoms with E-state index in [0.717, 1.165) is 57.4 Å². The number of hydrogen-bond donors (Lipinski definition) is 1. The number of hydrogen-bond acceptors (Lipinski definition) is 3. The fourth-order valence-corrected chi connectivity index (χ4v) is 5.46. The zero-order valence-electron chi connectivity index (χ0n) is 18.4. The van der Waals surface area contributed by atoms with Crippen molar-refractivity contribution in [3.8, 4) is 16.9 Å². The Morgan fingerprint density at radius 2 is 1.76 bits per heavy atom. The first-order valence-corrected chi connectivity index (χ1v) is 12.2. The first-order chi connectivity index (χ1) is 16.6. The number of halogens is 2. The average molecular weight is 489 g/mol. The predicted molar refractivity (Wildman–Crippen MR) is 137 cm³/mol. The second kappa shape index (κ2) is 8.61. The summed E-state index contributed by atoms with van der Waals surface area (Å²) >= 11 is 12.5. The largest absolute Gasteiger partial charge is 0.493 e. The average Bonchev–Trinajstić information content (AvgIpc) is 3.67. The van der Waals surface area contributed by atoms with Crippen LogP contribution in [0.15, 0.2) is 66.9 Å². The summed E-state index contributed by atoms with van der Waals surface area (Å²) in [4.78, 5) is 18.2. The molecule has 1 aliphatic heterocycles. The van der Waals surface area contributed by atoms with E-state index in [1.807, 2.05) is 48.5 Å². The Morgan fingerprint density at radius 1 is 0.971 bits per heavy atom. The molecular weight excluding hydrogens is 467 g/mol. The van der Waals surface area contributed by atoms with Crippen LogP contribution in [0.2, 0.25) is 10.0 Å².